The molecule has 0 saturated carbocycles. The minimum absolute atomic E-state index is 0.900. The summed E-state index contributed by atoms with van der Waals surface area (Å²) >= 11 is 4.03. The maximum atomic E-state index is 4.30. The zero-order valence-electron chi connectivity index (χ0n) is 11.5. The predicted molar refractivity (Wildman–Crippen MR) is 95.2 cm³/mol. The molecule has 0 spiro atoms. The number of aromatic nitrogens is 3. The normalized spacial score (nSPS) is 10.8. The summed E-state index contributed by atoms with van der Waals surface area (Å²) in [5, 5.41) is 9.54. The van der Waals surface area contributed by atoms with E-state index in [0.717, 1.165) is 22.3 Å². The van der Waals surface area contributed by atoms with Crippen LogP contribution >= 0.6 is 34.4 Å². The summed E-state index contributed by atoms with van der Waals surface area (Å²) in [5.41, 5.74) is 2.39. The monoisotopic (exact) mass is 407 g/mol. The highest BCUT2D eigenvalue weighted by Crippen LogP contribution is 2.25. The van der Waals surface area contributed by atoms with Crippen LogP contribution < -0.4 is 0 Å². The molecule has 0 radical (unpaired) electrons. The lowest BCUT2D eigenvalue weighted by Crippen LogP contribution is -1.94. The second-order valence-electron chi connectivity index (χ2n) is 4.65. The Morgan fingerprint density at radius 1 is 1.00 bits per heavy atom. The number of hydrogen-bond donors (Lipinski definition) is 0. The van der Waals surface area contributed by atoms with Crippen molar-refractivity contribution in [1.29, 1.82) is 0 Å². The van der Waals surface area contributed by atoms with E-state index in [1.54, 1.807) is 11.8 Å². The third-order valence-corrected chi connectivity index (χ3v) is 4.96. The van der Waals surface area contributed by atoms with Crippen molar-refractivity contribution >= 4 is 34.4 Å². The van der Waals surface area contributed by atoms with Crippen molar-refractivity contribution in [2.45, 2.75) is 10.9 Å². The number of thioether (sulfide) groups is 1. The Labute approximate surface area is 141 Å². The lowest BCUT2D eigenvalue weighted by molar-refractivity contribution is 0.794. The molecule has 0 amide bonds. The van der Waals surface area contributed by atoms with Crippen LogP contribution in [0.25, 0.3) is 11.4 Å². The lowest BCUT2D eigenvalue weighted by Gasteiger charge is -2.04. The summed E-state index contributed by atoms with van der Waals surface area (Å²) in [5.74, 6) is 1.80. The summed E-state index contributed by atoms with van der Waals surface area (Å²) in [4.78, 5) is 0. The third kappa shape index (κ3) is 3.47. The van der Waals surface area contributed by atoms with Crippen LogP contribution in [-0.2, 0) is 12.8 Å². The van der Waals surface area contributed by atoms with Gasteiger partial charge in [-0.05, 0) is 40.3 Å². The summed E-state index contributed by atoms with van der Waals surface area (Å²) in [7, 11) is 2.01. The molecule has 0 N–H and O–H groups in total. The second kappa shape index (κ2) is 6.62. The van der Waals surface area contributed by atoms with E-state index in [9.17, 15) is 0 Å². The Bertz CT molecular complexity index is 723. The molecule has 0 unspecified atom stereocenters. The van der Waals surface area contributed by atoms with E-state index in [2.05, 4.69) is 69.2 Å². The Kier molecular flexibility index (Phi) is 4.60. The highest BCUT2D eigenvalue weighted by molar-refractivity contribution is 14.1. The van der Waals surface area contributed by atoms with Gasteiger partial charge in [0.25, 0.3) is 0 Å². The first kappa shape index (κ1) is 14.6. The van der Waals surface area contributed by atoms with E-state index in [0.29, 0.717) is 0 Å². The lowest BCUT2D eigenvalue weighted by atomic mass is 10.2. The van der Waals surface area contributed by atoms with Gasteiger partial charge in [-0.1, -0.05) is 54.2 Å². The average molecular weight is 407 g/mol. The van der Waals surface area contributed by atoms with Crippen molar-refractivity contribution in [2.75, 3.05) is 0 Å². The number of nitrogens with zero attached hydrogens (tertiary/aromatic N) is 3. The highest BCUT2D eigenvalue weighted by Gasteiger charge is 2.10. The zero-order valence-corrected chi connectivity index (χ0v) is 14.5. The van der Waals surface area contributed by atoms with Crippen LogP contribution in [0.15, 0.2) is 59.8 Å². The maximum absolute atomic E-state index is 4.30. The molecule has 0 aliphatic rings. The summed E-state index contributed by atoms with van der Waals surface area (Å²) < 4.78 is 3.30. The topological polar surface area (TPSA) is 30.7 Å². The SMILES string of the molecule is Cn1c(SCc2ccc(I)cc2)nnc1-c1ccccc1. The van der Waals surface area contributed by atoms with Gasteiger partial charge in [0.2, 0.25) is 0 Å². The molecule has 0 aliphatic heterocycles. The van der Waals surface area contributed by atoms with E-state index in [-0.39, 0.29) is 0 Å². The Hall–Kier alpha value is -1.34. The van der Waals surface area contributed by atoms with Gasteiger partial charge in [-0.2, -0.15) is 0 Å². The highest BCUT2D eigenvalue weighted by atomic mass is 127. The van der Waals surface area contributed by atoms with Crippen LogP contribution in [0.1, 0.15) is 5.56 Å². The molecule has 21 heavy (non-hydrogen) atoms. The molecular weight excluding hydrogens is 393 g/mol. The van der Waals surface area contributed by atoms with Gasteiger partial charge in [-0.15, -0.1) is 10.2 Å². The van der Waals surface area contributed by atoms with Crippen LogP contribution in [0.4, 0.5) is 0 Å². The molecule has 106 valence electrons. The van der Waals surface area contributed by atoms with Gasteiger partial charge in [-0.25, -0.2) is 0 Å². The van der Waals surface area contributed by atoms with E-state index < -0.39 is 0 Å². The minimum atomic E-state index is 0.900. The molecule has 3 rings (SSSR count). The number of halogens is 1. The summed E-state index contributed by atoms with van der Waals surface area (Å²) in [6, 6.07) is 18.7. The number of benzene rings is 2. The van der Waals surface area contributed by atoms with Gasteiger partial charge < -0.3 is 4.57 Å². The van der Waals surface area contributed by atoms with E-state index in [1.165, 1.54) is 9.13 Å². The van der Waals surface area contributed by atoms with Gasteiger partial charge in [0, 0.05) is 21.9 Å². The molecular formula is C16H14IN3S. The van der Waals surface area contributed by atoms with Crippen LogP contribution in [0.2, 0.25) is 0 Å². The van der Waals surface area contributed by atoms with E-state index >= 15 is 0 Å². The van der Waals surface area contributed by atoms with Crippen LogP contribution in [0, 0.1) is 3.57 Å². The zero-order chi connectivity index (χ0) is 14.7. The van der Waals surface area contributed by atoms with Crippen molar-refractivity contribution in [3.63, 3.8) is 0 Å². The minimum Gasteiger partial charge on any atom is -0.305 e. The summed E-state index contributed by atoms with van der Waals surface area (Å²) in [6.45, 7) is 0. The standard InChI is InChI=1S/C16H14IN3S/c1-20-15(13-5-3-2-4-6-13)18-19-16(20)21-11-12-7-9-14(17)10-8-12/h2-10H,11H2,1H3. The molecule has 1 aromatic heterocycles. The first-order valence-electron chi connectivity index (χ1n) is 6.56. The Morgan fingerprint density at radius 3 is 2.43 bits per heavy atom. The molecule has 0 bridgehead atoms. The molecule has 0 atom stereocenters. The summed E-state index contributed by atoms with van der Waals surface area (Å²) in [6.07, 6.45) is 0. The smallest absolute Gasteiger partial charge is 0.191 e. The molecule has 2 aromatic carbocycles. The maximum Gasteiger partial charge on any atom is 0.191 e. The molecule has 3 aromatic rings. The molecule has 1 heterocycles. The van der Waals surface area contributed by atoms with E-state index in [1.807, 2.05) is 29.8 Å². The Morgan fingerprint density at radius 2 is 1.71 bits per heavy atom. The predicted octanol–water partition coefficient (Wildman–Crippen LogP) is 4.38. The second-order valence-corrected chi connectivity index (χ2v) is 6.83. The molecule has 3 nitrogen and oxygen atoms in total. The number of hydrogen-bond acceptors (Lipinski definition) is 3. The molecule has 0 saturated heterocycles. The molecule has 5 heteroatoms. The van der Waals surface area contributed by atoms with Crippen molar-refractivity contribution in [2.24, 2.45) is 7.05 Å². The van der Waals surface area contributed by atoms with Gasteiger partial charge in [0.05, 0.1) is 0 Å². The fourth-order valence-corrected chi connectivity index (χ4v) is 3.23. The fraction of sp³-hybridized carbons (Fsp3) is 0.125. The quantitative estimate of drug-likeness (QED) is 0.475. The largest absolute Gasteiger partial charge is 0.305 e. The fourth-order valence-electron chi connectivity index (χ4n) is 2.01. The van der Waals surface area contributed by atoms with Gasteiger partial charge in [-0.3, -0.25) is 0 Å². The third-order valence-electron chi connectivity index (χ3n) is 3.15. The van der Waals surface area contributed by atoms with Crippen LogP contribution in [0.5, 0.6) is 0 Å². The van der Waals surface area contributed by atoms with Crippen molar-refractivity contribution in [3.05, 3.63) is 63.7 Å². The Balaban J connectivity index is 1.75. The van der Waals surface area contributed by atoms with E-state index in [4.69, 9.17) is 0 Å². The van der Waals surface area contributed by atoms with Crippen molar-refractivity contribution in [3.8, 4) is 11.4 Å². The van der Waals surface area contributed by atoms with Crippen molar-refractivity contribution in [1.82, 2.24) is 14.8 Å². The van der Waals surface area contributed by atoms with Gasteiger partial charge >= 0.3 is 0 Å². The van der Waals surface area contributed by atoms with Crippen LogP contribution in [0.3, 0.4) is 0 Å². The molecule has 0 fully saturated rings. The first-order valence-corrected chi connectivity index (χ1v) is 8.62. The average Bonchev–Trinajstić information content (AvgIpc) is 2.89. The van der Waals surface area contributed by atoms with Crippen molar-refractivity contribution < 1.29 is 0 Å². The van der Waals surface area contributed by atoms with Gasteiger partial charge in [0.15, 0.2) is 11.0 Å². The number of rotatable bonds is 4. The first-order chi connectivity index (χ1) is 10.2. The molecule has 0 aliphatic carbocycles. The van der Waals surface area contributed by atoms with Gasteiger partial charge in [0.1, 0.15) is 0 Å². The van der Waals surface area contributed by atoms with Crippen LogP contribution in [-0.4, -0.2) is 14.8 Å².